The van der Waals surface area contributed by atoms with Crippen LogP contribution in [0, 0.1) is 0 Å². The second-order valence-electron chi connectivity index (χ2n) is 20.6. The zero-order valence-electron chi connectivity index (χ0n) is 50.2. The fourth-order valence-electron chi connectivity index (χ4n) is 8.48. The standard InChI is InChI=1S/C69H108O12/c1-4-7-10-13-16-19-22-25-28-30-31-33-35-37-40-43-46-49-52-55-61(70)77-58-60(79-62(71)56-53-50-47-44-41-39-36-32-29-26-23-20-17-14-11-8-5-2)59-78-69-67(65(74)64(73)66(81-69)68(75)76)80-63(72)57-54-51-48-45-42-38-34-27-24-21-18-15-12-9-6-3/h8-9,11-12,16-21,25-29,34,36,39,42,44-45,47,60,64-67,69,73-74H,4-7,10,13-15,22-24,30-33,35,37-38,40-41,43,46,48-59H2,1-3H3,(H,75,76)/b11-8-,12-9-,19-16-,20-17-,21-18-,28-25-,29-26-,34-27-,39-36-,45-42-,47-44-. The number of carbonyl (C=O) groups excluding carboxylic acids is 3. The molecule has 1 fully saturated rings. The van der Waals surface area contributed by atoms with Gasteiger partial charge in [0.05, 0.1) is 6.61 Å². The summed E-state index contributed by atoms with van der Waals surface area (Å²) in [4.78, 5) is 51.2. The third kappa shape index (κ3) is 45.1. The minimum atomic E-state index is -1.93. The Morgan fingerprint density at radius 2 is 0.790 bits per heavy atom. The summed E-state index contributed by atoms with van der Waals surface area (Å²) in [6, 6.07) is 0. The summed E-state index contributed by atoms with van der Waals surface area (Å²) in [5.41, 5.74) is 0. The third-order valence-corrected chi connectivity index (χ3v) is 13.2. The average Bonchev–Trinajstić information content (AvgIpc) is 3.52. The quantitative estimate of drug-likeness (QED) is 0.0228. The maximum absolute atomic E-state index is 13.2. The number of ether oxygens (including phenoxy) is 5. The average molecular weight is 1130 g/mol. The second kappa shape index (κ2) is 55.4. The minimum absolute atomic E-state index is 0.00598. The van der Waals surface area contributed by atoms with Crippen molar-refractivity contribution in [1.29, 1.82) is 0 Å². The van der Waals surface area contributed by atoms with E-state index in [4.69, 9.17) is 23.7 Å². The van der Waals surface area contributed by atoms with Gasteiger partial charge in [0.1, 0.15) is 18.8 Å². The number of hydrogen-bond acceptors (Lipinski definition) is 11. The molecule has 1 rings (SSSR count). The Labute approximate surface area is 490 Å². The molecular formula is C69H108O12. The van der Waals surface area contributed by atoms with Crippen molar-refractivity contribution in [3.05, 3.63) is 134 Å². The number of unbranched alkanes of at least 4 members (excludes halogenated alkanes) is 15. The van der Waals surface area contributed by atoms with Crippen molar-refractivity contribution in [1.82, 2.24) is 0 Å². The largest absolute Gasteiger partial charge is 0.479 e. The first kappa shape index (κ1) is 73.9. The molecular weight excluding hydrogens is 1020 g/mol. The fraction of sp³-hybridized carbons (Fsp3) is 0.623. The summed E-state index contributed by atoms with van der Waals surface area (Å²) in [6.45, 7) is 5.67. The highest BCUT2D eigenvalue weighted by atomic mass is 16.7. The number of esters is 3. The lowest BCUT2D eigenvalue weighted by Crippen LogP contribution is -2.61. The molecule has 456 valence electrons. The lowest BCUT2D eigenvalue weighted by molar-refractivity contribution is -0.301. The first-order chi connectivity index (χ1) is 39.6. The molecule has 0 radical (unpaired) electrons. The van der Waals surface area contributed by atoms with Gasteiger partial charge >= 0.3 is 23.9 Å². The molecule has 1 heterocycles. The van der Waals surface area contributed by atoms with Crippen LogP contribution in [-0.2, 0) is 42.9 Å². The molecule has 0 aromatic rings. The molecule has 0 amide bonds. The molecule has 0 aromatic carbocycles. The van der Waals surface area contributed by atoms with Gasteiger partial charge in [0.15, 0.2) is 24.6 Å². The van der Waals surface area contributed by atoms with Gasteiger partial charge in [-0.3, -0.25) is 14.4 Å². The summed E-state index contributed by atoms with van der Waals surface area (Å²) in [5.74, 6) is -3.28. The normalized spacial score (nSPS) is 18.7. The summed E-state index contributed by atoms with van der Waals surface area (Å²) < 4.78 is 28.4. The van der Waals surface area contributed by atoms with E-state index in [0.29, 0.717) is 32.1 Å². The highest BCUT2D eigenvalue weighted by Gasteiger charge is 2.50. The zero-order valence-corrected chi connectivity index (χ0v) is 50.2. The van der Waals surface area contributed by atoms with Crippen LogP contribution in [-0.4, -0.2) is 89.2 Å². The van der Waals surface area contributed by atoms with Crippen LogP contribution in [0.5, 0.6) is 0 Å². The number of aliphatic hydroxyl groups is 2. The van der Waals surface area contributed by atoms with Gasteiger partial charge in [-0.25, -0.2) is 4.79 Å². The molecule has 6 atom stereocenters. The Bertz CT molecular complexity index is 1920. The maximum atomic E-state index is 13.2. The fourth-order valence-corrected chi connectivity index (χ4v) is 8.48. The van der Waals surface area contributed by atoms with E-state index in [0.717, 1.165) is 96.3 Å². The van der Waals surface area contributed by atoms with Crippen LogP contribution in [0.15, 0.2) is 134 Å². The van der Waals surface area contributed by atoms with Gasteiger partial charge < -0.3 is 39.0 Å². The van der Waals surface area contributed by atoms with Crippen LogP contribution >= 0.6 is 0 Å². The van der Waals surface area contributed by atoms with E-state index >= 15 is 0 Å². The highest BCUT2D eigenvalue weighted by molar-refractivity contribution is 5.74. The molecule has 1 aliphatic rings. The summed E-state index contributed by atoms with van der Waals surface area (Å²) >= 11 is 0. The van der Waals surface area contributed by atoms with Crippen LogP contribution in [0.1, 0.15) is 226 Å². The van der Waals surface area contributed by atoms with Crippen molar-refractivity contribution in [3.8, 4) is 0 Å². The molecule has 81 heavy (non-hydrogen) atoms. The monoisotopic (exact) mass is 1130 g/mol. The van der Waals surface area contributed by atoms with E-state index in [-0.39, 0.29) is 25.9 Å². The van der Waals surface area contributed by atoms with Gasteiger partial charge in [0, 0.05) is 19.3 Å². The van der Waals surface area contributed by atoms with E-state index in [1.54, 1.807) is 0 Å². The molecule has 0 bridgehead atoms. The van der Waals surface area contributed by atoms with Crippen molar-refractivity contribution < 1.29 is 58.2 Å². The van der Waals surface area contributed by atoms with E-state index in [1.165, 1.54) is 57.8 Å². The topological polar surface area (TPSA) is 175 Å². The molecule has 1 aliphatic heterocycles. The molecule has 1 saturated heterocycles. The summed E-state index contributed by atoms with van der Waals surface area (Å²) in [5, 5.41) is 31.5. The van der Waals surface area contributed by atoms with Gasteiger partial charge in [0.2, 0.25) is 0 Å². The highest BCUT2D eigenvalue weighted by Crippen LogP contribution is 2.26. The van der Waals surface area contributed by atoms with Crippen LogP contribution in [0.25, 0.3) is 0 Å². The number of carboxylic acids is 1. The van der Waals surface area contributed by atoms with Gasteiger partial charge in [-0.1, -0.05) is 212 Å². The molecule has 0 aromatic heterocycles. The van der Waals surface area contributed by atoms with E-state index in [9.17, 15) is 34.5 Å². The molecule has 0 saturated carbocycles. The number of rotatable bonds is 51. The van der Waals surface area contributed by atoms with Crippen LogP contribution < -0.4 is 0 Å². The Hall–Kier alpha value is -5.14. The number of aliphatic carboxylic acids is 1. The van der Waals surface area contributed by atoms with Gasteiger partial charge in [-0.15, -0.1) is 0 Å². The van der Waals surface area contributed by atoms with E-state index < -0.39 is 67.3 Å². The summed E-state index contributed by atoms with van der Waals surface area (Å²) in [7, 11) is 0. The summed E-state index contributed by atoms with van der Waals surface area (Å²) in [6.07, 6.45) is 65.7. The molecule has 0 spiro atoms. The SMILES string of the molecule is CC/C=C\C/C=C\C/C=C\C/C=C\C/C=C\CCCC(=O)OC(COC(=O)CCCCCCCCCCC/C=C\C/C=C\CCCCC)COC1OC(C(=O)O)C(O)C(O)C1OC(=O)CCCC/C=C\C/C=C\C/C=C\C/C=C\CC. The number of aliphatic hydroxyl groups excluding tert-OH is 2. The van der Waals surface area contributed by atoms with Crippen molar-refractivity contribution >= 4 is 23.9 Å². The van der Waals surface area contributed by atoms with Gasteiger partial charge in [-0.05, 0) is 128 Å². The third-order valence-electron chi connectivity index (χ3n) is 13.2. The number of carboxylic acid groups (broad SMARTS) is 1. The molecule has 6 unspecified atom stereocenters. The molecule has 3 N–H and O–H groups in total. The smallest absolute Gasteiger partial charge is 0.335 e. The van der Waals surface area contributed by atoms with Crippen molar-refractivity contribution in [2.24, 2.45) is 0 Å². The first-order valence-electron chi connectivity index (χ1n) is 31.2. The number of hydrogen-bond donors (Lipinski definition) is 3. The second-order valence-corrected chi connectivity index (χ2v) is 20.6. The maximum Gasteiger partial charge on any atom is 0.335 e. The lowest BCUT2D eigenvalue weighted by Gasteiger charge is -2.40. The zero-order chi connectivity index (χ0) is 58.9. The van der Waals surface area contributed by atoms with Gasteiger partial charge in [0.25, 0.3) is 0 Å². The Morgan fingerprint density at radius 1 is 0.420 bits per heavy atom. The van der Waals surface area contributed by atoms with E-state index in [2.05, 4.69) is 142 Å². The lowest BCUT2D eigenvalue weighted by atomic mass is 9.98. The van der Waals surface area contributed by atoms with Crippen LogP contribution in [0.2, 0.25) is 0 Å². The predicted molar refractivity (Wildman–Crippen MR) is 330 cm³/mol. The first-order valence-corrected chi connectivity index (χ1v) is 31.2. The predicted octanol–water partition coefficient (Wildman–Crippen LogP) is 16.6. The Balaban J connectivity index is 2.74. The molecule has 0 aliphatic carbocycles. The van der Waals surface area contributed by atoms with Gasteiger partial charge in [-0.2, -0.15) is 0 Å². The van der Waals surface area contributed by atoms with E-state index in [1.807, 2.05) is 12.2 Å². The van der Waals surface area contributed by atoms with Crippen molar-refractivity contribution in [3.63, 3.8) is 0 Å². The van der Waals surface area contributed by atoms with Crippen LogP contribution in [0.4, 0.5) is 0 Å². The minimum Gasteiger partial charge on any atom is -0.479 e. The van der Waals surface area contributed by atoms with Crippen LogP contribution in [0.3, 0.4) is 0 Å². The Kier molecular flexibility index (Phi) is 50.5. The molecule has 12 nitrogen and oxygen atoms in total. The molecule has 12 heteroatoms. The van der Waals surface area contributed by atoms with Crippen molar-refractivity contribution in [2.45, 2.75) is 263 Å². The van der Waals surface area contributed by atoms with Crippen molar-refractivity contribution in [2.75, 3.05) is 13.2 Å². The number of allylic oxidation sites excluding steroid dienone is 22. The Morgan fingerprint density at radius 3 is 1.25 bits per heavy atom. The number of carbonyl (C=O) groups is 4.